The van der Waals surface area contributed by atoms with Crippen LogP contribution in [0.3, 0.4) is 0 Å². The SMILES string of the molecule is C[C@@H](CCc1ccccc1)NC(=O)CN1C(=O)N[C@@H](Cc2ccccc2)C1=O. The van der Waals surface area contributed by atoms with Gasteiger partial charge in [0.1, 0.15) is 12.6 Å². The van der Waals surface area contributed by atoms with Crippen LogP contribution in [0.2, 0.25) is 0 Å². The van der Waals surface area contributed by atoms with Gasteiger partial charge in [0.25, 0.3) is 5.91 Å². The van der Waals surface area contributed by atoms with Gasteiger partial charge in [0, 0.05) is 12.5 Å². The third-order valence-corrected chi connectivity index (χ3v) is 4.81. The summed E-state index contributed by atoms with van der Waals surface area (Å²) in [5.41, 5.74) is 2.17. The van der Waals surface area contributed by atoms with E-state index in [1.54, 1.807) is 0 Å². The van der Waals surface area contributed by atoms with E-state index in [9.17, 15) is 14.4 Å². The van der Waals surface area contributed by atoms with Crippen molar-refractivity contribution in [2.24, 2.45) is 0 Å². The summed E-state index contributed by atoms with van der Waals surface area (Å²) in [4.78, 5) is 37.9. The molecule has 4 amide bonds. The number of nitrogens with zero attached hydrogens (tertiary/aromatic N) is 1. The smallest absolute Gasteiger partial charge is 0.325 e. The minimum Gasteiger partial charge on any atom is -0.352 e. The molecule has 0 radical (unpaired) electrons. The van der Waals surface area contributed by atoms with Crippen molar-refractivity contribution in [3.63, 3.8) is 0 Å². The number of amides is 4. The van der Waals surface area contributed by atoms with Crippen LogP contribution in [0.1, 0.15) is 24.5 Å². The third kappa shape index (κ3) is 5.19. The highest BCUT2D eigenvalue weighted by molar-refractivity contribution is 6.06. The van der Waals surface area contributed by atoms with Crippen LogP contribution in [0.15, 0.2) is 60.7 Å². The Morgan fingerprint density at radius 3 is 2.29 bits per heavy atom. The Labute approximate surface area is 164 Å². The van der Waals surface area contributed by atoms with Crippen LogP contribution in [-0.4, -0.2) is 41.4 Å². The number of urea groups is 1. The van der Waals surface area contributed by atoms with Crippen molar-refractivity contribution in [1.29, 1.82) is 0 Å². The van der Waals surface area contributed by atoms with Crippen molar-refractivity contribution in [2.45, 2.75) is 38.3 Å². The summed E-state index contributed by atoms with van der Waals surface area (Å²) in [5.74, 6) is -0.689. The first kappa shape index (κ1) is 19.6. The fourth-order valence-corrected chi connectivity index (χ4v) is 3.28. The number of nitrogens with one attached hydrogen (secondary N) is 2. The van der Waals surface area contributed by atoms with Gasteiger partial charge in [0.2, 0.25) is 5.91 Å². The van der Waals surface area contributed by atoms with Crippen molar-refractivity contribution >= 4 is 17.8 Å². The molecule has 0 bridgehead atoms. The van der Waals surface area contributed by atoms with Crippen molar-refractivity contribution in [2.75, 3.05) is 6.54 Å². The van der Waals surface area contributed by atoms with Gasteiger partial charge in [-0.1, -0.05) is 60.7 Å². The molecule has 2 atom stereocenters. The molecule has 6 nitrogen and oxygen atoms in total. The standard InChI is InChI=1S/C22H25N3O3/c1-16(12-13-17-8-4-2-5-9-17)23-20(26)15-25-21(27)19(24-22(25)28)14-18-10-6-3-7-11-18/h2-11,16,19H,12-15H2,1H3,(H,23,26)(H,24,28)/t16-,19-/m0/s1. The average molecular weight is 379 g/mol. The first-order chi connectivity index (χ1) is 13.5. The number of carbonyl (C=O) groups is 3. The van der Waals surface area contributed by atoms with Gasteiger partial charge in [-0.3, -0.25) is 14.5 Å². The van der Waals surface area contributed by atoms with Gasteiger partial charge in [-0.15, -0.1) is 0 Å². The van der Waals surface area contributed by atoms with Crippen LogP contribution in [0.4, 0.5) is 4.79 Å². The largest absolute Gasteiger partial charge is 0.352 e. The van der Waals surface area contributed by atoms with E-state index in [1.165, 1.54) is 5.56 Å². The molecule has 1 heterocycles. The lowest BCUT2D eigenvalue weighted by Crippen LogP contribution is -2.44. The van der Waals surface area contributed by atoms with E-state index in [0.717, 1.165) is 23.3 Å². The van der Waals surface area contributed by atoms with Crippen molar-refractivity contribution in [1.82, 2.24) is 15.5 Å². The molecule has 1 aliphatic rings. The monoisotopic (exact) mass is 379 g/mol. The summed E-state index contributed by atoms with van der Waals surface area (Å²) in [6.07, 6.45) is 2.05. The highest BCUT2D eigenvalue weighted by atomic mass is 16.2. The van der Waals surface area contributed by atoms with Crippen LogP contribution in [0.5, 0.6) is 0 Å². The molecule has 1 fully saturated rings. The van der Waals surface area contributed by atoms with Crippen LogP contribution in [-0.2, 0) is 22.4 Å². The Balaban J connectivity index is 1.47. The first-order valence-electron chi connectivity index (χ1n) is 9.52. The molecule has 0 spiro atoms. The van der Waals surface area contributed by atoms with Crippen molar-refractivity contribution in [3.05, 3.63) is 71.8 Å². The molecule has 2 aromatic rings. The Kier molecular flexibility index (Phi) is 6.42. The molecule has 1 saturated heterocycles. The van der Waals surface area contributed by atoms with E-state index >= 15 is 0 Å². The summed E-state index contributed by atoms with van der Waals surface area (Å²) in [5, 5.41) is 5.53. The lowest BCUT2D eigenvalue weighted by molar-refractivity contribution is -0.132. The molecule has 0 saturated carbocycles. The number of hydrogen-bond acceptors (Lipinski definition) is 3. The molecular weight excluding hydrogens is 354 g/mol. The van der Waals surface area contributed by atoms with E-state index in [1.807, 2.05) is 55.5 Å². The van der Waals surface area contributed by atoms with E-state index < -0.39 is 12.1 Å². The lowest BCUT2D eigenvalue weighted by Gasteiger charge is -2.17. The molecule has 3 rings (SSSR count). The van der Waals surface area contributed by atoms with Crippen LogP contribution >= 0.6 is 0 Å². The zero-order valence-electron chi connectivity index (χ0n) is 15.9. The average Bonchev–Trinajstić information content (AvgIpc) is 2.95. The lowest BCUT2D eigenvalue weighted by atomic mass is 10.1. The second-order valence-corrected chi connectivity index (χ2v) is 7.11. The zero-order valence-corrected chi connectivity index (χ0v) is 15.9. The van der Waals surface area contributed by atoms with Gasteiger partial charge in [0.15, 0.2) is 0 Å². The van der Waals surface area contributed by atoms with Gasteiger partial charge in [0.05, 0.1) is 0 Å². The maximum absolute atomic E-state index is 12.5. The molecule has 28 heavy (non-hydrogen) atoms. The highest BCUT2D eigenvalue weighted by Gasteiger charge is 2.38. The minimum atomic E-state index is -0.627. The maximum Gasteiger partial charge on any atom is 0.325 e. The number of hydrogen-bond donors (Lipinski definition) is 2. The first-order valence-corrected chi connectivity index (χ1v) is 9.52. The molecule has 6 heteroatoms. The van der Waals surface area contributed by atoms with E-state index in [4.69, 9.17) is 0 Å². The van der Waals surface area contributed by atoms with Crippen molar-refractivity contribution < 1.29 is 14.4 Å². The normalized spacial score (nSPS) is 17.3. The molecule has 0 unspecified atom stereocenters. The summed E-state index contributed by atoms with van der Waals surface area (Å²) < 4.78 is 0. The van der Waals surface area contributed by atoms with E-state index in [-0.39, 0.29) is 24.4 Å². The predicted molar refractivity (Wildman–Crippen MR) is 107 cm³/mol. The van der Waals surface area contributed by atoms with Crippen LogP contribution in [0, 0.1) is 0 Å². The molecule has 0 aliphatic carbocycles. The summed E-state index contributed by atoms with van der Waals surface area (Å²) in [6, 6.07) is 18.3. The zero-order chi connectivity index (χ0) is 19.9. The third-order valence-electron chi connectivity index (χ3n) is 4.81. The van der Waals surface area contributed by atoms with E-state index in [2.05, 4.69) is 22.8 Å². The number of imide groups is 1. The number of rotatable bonds is 8. The summed E-state index contributed by atoms with van der Waals surface area (Å²) in [6.45, 7) is 1.66. The van der Waals surface area contributed by atoms with Gasteiger partial charge in [-0.2, -0.15) is 0 Å². The molecule has 146 valence electrons. The van der Waals surface area contributed by atoms with Crippen molar-refractivity contribution in [3.8, 4) is 0 Å². The Morgan fingerprint density at radius 2 is 1.64 bits per heavy atom. The summed E-state index contributed by atoms with van der Waals surface area (Å²) >= 11 is 0. The Bertz CT molecular complexity index is 823. The Hall–Kier alpha value is -3.15. The number of aryl methyl sites for hydroxylation is 1. The second kappa shape index (κ2) is 9.17. The quantitative estimate of drug-likeness (QED) is 0.691. The molecule has 1 aliphatic heterocycles. The van der Waals surface area contributed by atoms with Crippen LogP contribution in [0.25, 0.3) is 0 Å². The second-order valence-electron chi connectivity index (χ2n) is 7.11. The van der Waals surface area contributed by atoms with Gasteiger partial charge in [-0.25, -0.2) is 4.79 Å². The van der Waals surface area contributed by atoms with Crippen LogP contribution < -0.4 is 10.6 Å². The maximum atomic E-state index is 12.5. The molecular formula is C22H25N3O3. The topological polar surface area (TPSA) is 78.5 Å². The molecule has 0 aromatic heterocycles. The molecule has 2 aromatic carbocycles. The Morgan fingerprint density at radius 1 is 1.04 bits per heavy atom. The molecule has 2 N–H and O–H groups in total. The fraction of sp³-hybridized carbons (Fsp3) is 0.318. The van der Waals surface area contributed by atoms with Gasteiger partial charge >= 0.3 is 6.03 Å². The summed E-state index contributed by atoms with van der Waals surface area (Å²) in [7, 11) is 0. The highest BCUT2D eigenvalue weighted by Crippen LogP contribution is 2.12. The van der Waals surface area contributed by atoms with Gasteiger partial charge in [-0.05, 0) is 30.9 Å². The van der Waals surface area contributed by atoms with E-state index in [0.29, 0.717) is 6.42 Å². The van der Waals surface area contributed by atoms with Gasteiger partial charge < -0.3 is 10.6 Å². The number of benzene rings is 2. The predicted octanol–water partition coefficient (Wildman–Crippen LogP) is 2.29. The number of carbonyl (C=O) groups excluding carboxylic acids is 3. The minimum absolute atomic E-state index is 0.0476. The fourth-order valence-electron chi connectivity index (χ4n) is 3.28.